The number of benzene rings is 1. The summed E-state index contributed by atoms with van der Waals surface area (Å²) >= 11 is 0. The minimum Gasteiger partial charge on any atom is -0.279 e. The zero-order chi connectivity index (χ0) is 8.81. The fourth-order valence-electron chi connectivity index (χ4n) is 0.993. The lowest BCUT2D eigenvalue weighted by atomic mass is 10.1. The van der Waals surface area contributed by atoms with Gasteiger partial charge in [0.2, 0.25) is 0 Å². The molecule has 1 aromatic rings. The summed E-state index contributed by atoms with van der Waals surface area (Å²) in [6.45, 7) is 3.67. The number of nitrogens with one attached hydrogen (secondary N) is 1. The molecule has 0 aliphatic carbocycles. The van der Waals surface area contributed by atoms with Crippen LogP contribution in [0.4, 0.5) is 5.69 Å². The first-order valence-corrected chi connectivity index (χ1v) is 3.85. The number of allylic oxidation sites excluding steroid dienone is 1. The molecule has 0 fully saturated rings. The first-order chi connectivity index (χ1) is 5.86. The van der Waals surface area contributed by atoms with Gasteiger partial charge in [0.05, 0.1) is 12.8 Å². The summed E-state index contributed by atoms with van der Waals surface area (Å²) in [5.74, 6) is 0. The van der Waals surface area contributed by atoms with Crippen molar-refractivity contribution in [3.05, 3.63) is 42.5 Å². The van der Waals surface area contributed by atoms with Crippen LogP contribution in [0, 0.1) is 0 Å². The van der Waals surface area contributed by atoms with E-state index < -0.39 is 0 Å². The molecule has 0 aliphatic heterocycles. The summed E-state index contributed by atoms with van der Waals surface area (Å²) in [6.07, 6.45) is 2.80. The maximum Gasteiger partial charge on any atom is 0.0636 e. The average Bonchev–Trinajstić information content (AvgIpc) is 2.09. The van der Waals surface area contributed by atoms with Gasteiger partial charge in [-0.1, -0.05) is 18.2 Å². The molecule has 1 aromatic carbocycles. The van der Waals surface area contributed by atoms with Gasteiger partial charge >= 0.3 is 0 Å². The van der Waals surface area contributed by atoms with Crippen molar-refractivity contribution < 1.29 is 4.84 Å². The molecule has 64 valence electrons. The Bertz CT molecular complexity index is 241. The lowest BCUT2D eigenvalue weighted by molar-refractivity contribution is 0.271. The summed E-state index contributed by atoms with van der Waals surface area (Å²) in [6, 6.07) is 8.04. The Morgan fingerprint density at radius 3 is 2.58 bits per heavy atom. The molecule has 1 N–H and O–H groups in total. The number of anilines is 1. The van der Waals surface area contributed by atoms with Crippen LogP contribution in [0.5, 0.6) is 0 Å². The Morgan fingerprint density at radius 1 is 1.42 bits per heavy atom. The van der Waals surface area contributed by atoms with Crippen molar-refractivity contribution in [2.24, 2.45) is 0 Å². The molecule has 12 heavy (non-hydrogen) atoms. The third-order valence-electron chi connectivity index (χ3n) is 1.55. The molecule has 0 radical (unpaired) electrons. The lowest BCUT2D eigenvalue weighted by Crippen LogP contribution is -1.94. The van der Waals surface area contributed by atoms with Crippen molar-refractivity contribution in [3.63, 3.8) is 0 Å². The van der Waals surface area contributed by atoms with Crippen molar-refractivity contribution in [1.29, 1.82) is 0 Å². The molecule has 0 atom stereocenters. The second kappa shape index (κ2) is 4.57. The van der Waals surface area contributed by atoms with Crippen LogP contribution >= 0.6 is 0 Å². The average molecular weight is 163 g/mol. The Morgan fingerprint density at radius 2 is 2.08 bits per heavy atom. The third-order valence-corrected chi connectivity index (χ3v) is 1.55. The van der Waals surface area contributed by atoms with Crippen molar-refractivity contribution in [2.75, 3.05) is 12.6 Å². The molecule has 0 unspecified atom stereocenters. The summed E-state index contributed by atoms with van der Waals surface area (Å²) < 4.78 is 0. The van der Waals surface area contributed by atoms with E-state index in [1.165, 1.54) is 5.56 Å². The lowest BCUT2D eigenvalue weighted by Gasteiger charge is -2.02. The predicted molar refractivity (Wildman–Crippen MR) is 51.0 cm³/mol. The normalized spacial score (nSPS) is 9.42. The van der Waals surface area contributed by atoms with Gasteiger partial charge in [0.25, 0.3) is 0 Å². The Hall–Kier alpha value is -1.28. The Balaban J connectivity index is 2.64. The molecule has 0 heterocycles. The van der Waals surface area contributed by atoms with E-state index in [1.807, 2.05) is 30.3 Å². The van der Waals surface area contributed by atoms with Crippen LogP contribution in [0.3, 0.4) is 0 Å². The fourth-order valence-corrected chi connectivity index (χ4v) is 0.993. The highest BCUT2D eigenvalue weighted by Crippen LogP contribution is 2.09. The fraction of sp³-hybridized carbons (Fsp3) is 0.200. The highest BCUT2D eigenvalue weighted by Gasteiger charge is 1.90. The molecule has 1 rings (SSSR count). The monoisotopic (exact) mass is 163 g/mol. The van der Waals surface area contributed by atoms with Gasteiger partial charge in [-0.15, -0.1) is 6.58 Å². The first-order valence-electron chi connectivity index (χ1n) is 3.85. The summed E-state index contributed by atoms with van der Waals surface area (Å²) in [7, 11) is 1.59. The molecule has 0 saturated carbocycles. The zero-order valence-corrected chi connectivity index (χ0v) is 7.21. The molecule has 0 spiro atoms. The molecule has 0 aromatic heterocycles. The molecule has 2 nitrogen and oxygen atoms in total. The van der Waals surface area contributed by atoms with Crippen molar-refractivity contribution in [3.8, 4) is 0 Å². The first kappa shape index (κ1) is 8.81. The predicted octanol–water partition coefficient (Wildman–Crippen LogP) is 2.39. The van der Waals surface area contributed by atoms with Crippen LogP contribution < -0.4 is 5.48 Å². The quantitative estimate of drug-likeness (QED) is 0.543. The second-order valence-corrected chi connectivity index (χ2v) is 2.50. The number of rotatable bonds is 4. The van der Waals surface area contributed by atoms with Crippen LogP contribution in [0.2, 0.25) is 0 Å². The summed E-state index contributed by atoms with van der Waals surface area (Å²) in [4.78, 5) is 4.76. The zero-order valence-electron chi connectivity index (χ0n) is 7.21. The molecule has 0 amide bonds. The third kappa shape index (κ3) is 2.40. The molecular weight excluding hydrogens is 150 g/mol. The van der Waals surface area contributed by atoms with Gasteiger partial charge in [-0.3, -0.25) is 10.3 Å². The van der Waals surface area contributed by atoms with E-state index >= 15 is 0 Å². The van der Waals surface area contributed by atoms with Crippen LogP contribution in [0.15, 0.2) is 36.9 Å². The van der Waals surface area contributed by atoms with Crippen molar-refractivity contribution in [1.82, 2.24) is 0 Å². The summed E-state index contributed by atoms with van der Waals surface area (Å²) in [5.41, 5.74) is 4.97. The molecule has 0 saturated heterocycles. The molecule has 0 bridgehead atoms. The van der Waals surface area contributed by atoms with Crippen molar-refractivity contribution >= 4 is 5.69 Å². The van der Waals surface area contributed by atoms with Gasteiger partial charge in [-0.25, -0.2) is 0 Å². The minimum absolute atomic E-state index is 0.910. The molecule has 2 heteroatoms. The van der Waals surface area contributed by atoms with Gasteiger partial charge in [-0.05, 0) is 24.1 Å². The smallest absolute Gasteiger partial charge is 0.0636 e. The van der Waals surface area contributed by atoms with E-state index in [9.17, 15) is 0 Å². The van der Waals surface area contributed by atoms with E-state index in [-0.39, 0.29) is 0 Å². The number of hydrogen-bond acceptors (Lipinski definition) is 2. The van der Waals surface area contributed by atoms with Gasteiger partial charge < -0.3 is 0 Å². The van der Waals surface area contributed by atoms with Gasteiger partial charge in [0, 0.05) is 0 Å². The molecule has 0 aliphatic rings. The largest absolute Gasteiger partial charge is 0.279 e. The van der Waals surface area contributed by atoms with E-state index in [1.54, 1.807) is 7.11 Å². The van der Waals surface area contributed by atoms with Gasteiger partial charge in [-0.2, -0.15) is 0 Å². The minimum atomic E-state index is 0.910. The van der Waals surface area contributed by atoms with Crippen LogP contribution in [-0.4, -0.2) is 7.11 Å². The Labute approximate surface area is 72.8 Å². The van der Waals surface area contributed by atoms with E-state index in [4.69, 9.17) is 4.84 Å². The van der Waals surface area contributed by atoms with E-state index in [0.29, 0.717) is 0 Å². The standard InChI is InChI=1S/C10H13NO/c1-3-4-9-5-7-10(8-6-9)11-12-2/h3,5-8,11H,1,4H2,2H3. The van der Waals surface area contributed by atoms with Gasteiger partial charge in [0.15, 0.2) is 0 Å². The van der Waals surface area contributed by atoms with Gasteiger partial charge in [0.1, 0.15) is 0 Å². The maximum absolute atomic E-state index is 4.76. The van der Waals surface area contributed by atoms with Crippen LogP contribution in [0.1, 0.15) is 5.56 Å². The highest BCUT2D eigenvalue weighted by molar-refractivity contribution is 5.42. The second-order valence-electron chi connectivity index (χ2n) is 2.50. The number of hydrogen-bond donors (Lipinski definition) is 1. The molecular formula is C10H13NO. The van der Waals surface area contributed by atoms with Crippen molar-refractivity contribution in [2.45, 2.75) is 6.42 Å². The van der Waals surface area contributed by atoms with Crippen LogP contribution in [0.25, 0.3) is 0 Å². The highest BCUT2D eigenvalue weighted by atomic mass is 16.6. The maximum atomic E-state index is 4.76. The topological polar surface area (TPSA) is 21.3 Å². The van der Waals surface area contributed by atoms with E-state index in [0.717, 1.165) is 12.1 Å². The van der Waals surface area contributed by atoms with E-state index in [2.05, 4.69) is 12.1 Å². The van der Waals surface area contributed by atoms with Crippen LogP contribution in [-0.2, 0) is 11.3 Å². The summed E-state index contributed by atoms with van der Waals surface area (Å²) in [5, 5.41) is 0. The Kier molecular flexibility index (Phi) is 3.35. The SMILES string of the molecule is C=CCc1ccc(NOC)cc1.